The Morgan fingerprint density at radius 1 is 1.09 bits per heavy atom. The van der Waals surface area contributed by atoms with E-state index in [9.17, 15) is 8.42 Å². The van der Waals surface area contributed by atoms with E-state index in [1.54, 1.807) is 30.3 Å². The highest BCUT2D eigenvalue weighted by molar-refractivity contribution is 7.95. The van der Waals surface area contributed by atoms with Crippen LogP contribution in [0, 0.1) is 11.3 Å². The smallest absolute Gasteiger partial charge is 0.218 e. The van der Waals surface area contributed by atoms with E-state index in [1.807, 2.05) is 0 Å². The topological polar surface area (TPSA) is 70.0 Å². The Morgan fingerprint density at radius 3 is 2.36 bits per heavy atom. The van der Waals surface area contributed by atoms with E-state index in [4.69, 9.17) is 28.5 Å². The molecular formula is C15H10Cl2N2O2S. The molecule has 7 heteroatoms. The fourth-order valence-electron chi connectivity index (χ4n) is 1.64. The van der Waals surface area contributed by atoms with Crippen LogP contribution in [0.5, 0.6) is 0 Å². The molecule has 0 saturated carbocycles. The van der Waals surface area contributed by atoms with Crippen molar-refractivity contribution in [1.29, 1.82) is 5.26 Å². The van der Waals surface area contributed by atoms with Crippen molar-refractivity contribution >= 4 is 38.7 Å². The van der Waals surface area contributed by atoms with Crippen molar-refractivity contribution in [2.24, 2.45) is 0 Å². The van der Waals surface area contributed by atoms with Gasteiger partial charge in [0.25, 0.3) is 0 Å². The SMILES string of the molecule is N#C/C(=C\Nc1cccc(Cl)c1)S(=O)(=O)c1ccc(Cl)cc1. The van der Waals surface area contributed by atoms with Gasteiger partial charge in [-0.3, -0.25) is 0 Å². The number of benzene rings is 2. The second-order valence-corrected chi connectivity index (χ2v) is 7.02. The van der Waals surface area contributed by atoms with Gasteiger partial charge in [0.05, 0.1) is 4.90 Å². The van der Waals surface area contributed by atoms with Gasteiger partial charge < -0.3 is 5.32 Å². The van der Waals surface area contributed by atoms with Gasteiger partial charge >= 0.3 is 0 Å². The lowest BCUT2D eigenvalue weighted by Crippen LogP contribution is -2.05. The van der Waals surface area contributed by atoms with Gasteiger partial charge in [-0.1, -0.05) is 29.3 Å². The lowest BCUT2D eigenvalue weighted by atomic mass is 10.3. The first kappa shape index (κ1) is 16.4. The molecule has 112 valence electrons. The summed E-state index contributed by atoms with van der Waals surface area (Å²) in [6.45, 7) is 0. The molecule has 2 aromatic rings. The Kier molecular flexibility index (Phi) is 5.09. The summed E-state index contributed by atoms with van der Waals surface area (Å²) in [7, 11) is -3.90. The number of nitrogens with one attached hydrogen (secondary N) is 1. The van der Waals surface area contributed by atoms with E-state index in [0.717, 1.165) is 6.20 Å². The molecule has 0 aliphatic heterocycles. The molecule has 22 heavy (non-hydrogen) atoms. The number of halogens is 2. The molecule has 0 saturated heterocycles. The molecule has 0 aromatic heterocycles. The quantitative estimate of drug-likeness (QED) is 0.835. The normalized spacial score (nSPS) is 11.8. The zero-order valence-corrected chi connectivity index (χ0v) is 13.5. The molecule has 4 nitrogen and oxygen atoms in total. The second-order valence-electron chi connectivity index (χ2n) is 4.23. The molecule has 0 fully saturated rings. The Hall–Kier alpha value is -2.00. The van der Waals surface area contributed by atoms with Crippen LogP contribution in [0.25, 0.3) is 0 Å². The predicted octanol–water partition coefficient (Wildman–Crippen LogP) is 4.24. The van der Waals surface area contributed by atoms with Gasteiger partial charge in [0.15, 0.2) is 4.91 Å². The summed E-state index contributed by atoms with van der Waals surface area (Å²) in [5, 5.41) is 12.8. The molecule has 1 N–H and O–H groups in total. The zero-order valence-electron chi connectivity index (χ0n) is 11.1. The average Bonchev–Trinajstić information content (AvgIpc) is 2.48. The van der Waals surface area contributed by atoms with Crippen LogP contribution in [0.1, 0.15) is 0 Å². The van der Waals surface area contributed by atoms with Crippen molar-refractivity contribution in [2.45, 2.75) is 4.90 Å². The summed E-state index contributed by atoms with van der Waals surface area (Å²) in [4.78, 5) is -0.410. The standard InChI is InChI=1S/C15H10Cl2N2O2S/c16-11-4-6-14(7-5-11)22(20,21)15(9-18)10-19-13-3-1-2-12(17)8-13/h1-8,10,19H/b15-10+. The molecule has 0 amide bonds. The lowest BCUT2D eigenvalue weighted by molar-refractivity contribution is 0.603. The number of hydrogen-bond acceptors (Lipinski definition) is 4. The van der Waals surface area contributed by atoms with Gasteiger partial charge in [-0.15, -0.1) is 0 Å². The molecule has 2 rings (SSSR count). The molecule has 0 aliphatic carbocycles. The highest BCUT2D eigenvalue weighted by atomic mass is 35.5. The van der Waals surface area contributed by atoms with Crippen LogP contribution in [0.15, 0.2) is 64.5 Å². The number of rotatable bonds is 4. The maximum absolute atomic E-state index is 12.4. The molecule has 0 radical (unpaired) electrons. The monoisotopic (exact) mass is 352 g/mol. The Morgan fingerprint density at radius 2 is 1.77 bits per heavy atom. The van der Waals surface area contributed by atoms with Crippen molar-refractivity contribution in [3.05, 3.63) is 69.7 Å². The second kappa shape index (κ2) is 6.84. The molecule has 0 spiro atoms. The number of allylic oxidation sites excluding steroid dienone is 1. The van der Waals surface area contributed by atoms with Crippen LogP contribution < -0.4 is 5.32 Å². The van der Waals surface area contributed by atoms with E-state index in [-0.39, 0.29) is 4.90 Å². The Balaban J connectivity index is 2.32. The largest absolute Gasteiger partial charge is 0.360 e. The van der Waals surface area contributed by atoms with E-state index in [2.05, 4.69) is 5.32 Å². The van der Waals surface area contributed by atoms with Crippen LogP contribution >= 0.6 is 23.2 Å². The van der Waals surface area contributed by atoms with Crippen LogP contribution in [0.4, 0.5) is 5.69 Å². The summed E-state index contributed by atoms with van der Waals surface area (Å²) in [5.74, 6) is 0. The van der Waals surface area contributed by atoms with E-state index >= 15 is 0 Å². The number of hydrogen-bond donors (Lipinski definition) is 1. The van der Waals surface area contributed by atoms with Crippen molar-refractivity contribution in [1.82, 2.24) is 0 Å². The Labute approximate surface area is 138 Å². The molecule has 0 unspecified atom stereocenters. The van der Waals surface area contributed by atoms with Crippen molar-refractivity contribution in [3.63, 3.8) is 0 Å². The fourth-order valence-corrected chi connectivity index (χ4v) is 3.04. The number of anilines is 1. The number of nitrogens with zero attached hydrogens (tertiary/aromatic N) is 1. The zero-order chi connectivity index (χ0) is 16.2. The fraction of sp³-hybridized carbons (Fsp3) is 0. The van der Waals surface area contributed by atoms with E-state index in [1.165, 1.54) is 24.3 Å². The van der Waals surface area contributed by atoms with Crippen LogP contribution in [0.3, 0.4) is 0 Å². The maximum atomic E-state index is 12.4. The van der Waals surface area contributed by atoms with Gasteiger partial charge in [-0.2, -0.15) is 5.26 Å². The van der Waals surface area contributed by atoms with Crippen molar-refractivity contribution in [3.8, 4) is 6.07 Å². The van der Waals surface area contributed by atoms with Crippen molar-refractivity contribution < 1.29 is 8.42 Å². The molecular weight excluding hydrogens is 343 g/mol. The first-order valence-electron chi connectivity index (χ1n) is 6.06. The third-order valence-corrected chi connectivity index (χ3v) is 4.89. The van der Waals surface area contributed by atoms with Gasteiger partial charge in [0, 0.05) is 21.9 Å². The number of sulfone groups is 1. The average molecular weight is 353 g/mol. The summed E-state index contributed by atoms with van der Waals surface area (Å²) in [5.41, 5.74) is 0.576. The highest BCUT2D eigenvalue weighted by Crippen LogP contribution is 2.21. The maximum Gasteiger partial charge on any atom is 0.218 e. The summed E-state index contributed by atoms with van der Waals surface area (Å²) in [6, 6.07) is 14.0. The van der Waals surface area contributed by atoms with Crippen molar-refractivity contribution in [2.75, 3.05) is 5.32 Å². The minimum Gasteiger partial charge on any atom is -0.360 e. The van der Waals surface area contributed by atoms with Crippen LogP contribution in [0.2, 0.25) is 10.0 Å². The molecule has 0 bridgehead atoms. The van der Waals surface area contributed by atoms with Crippen LogP contribution in [-0.4, -0.2) is 8.42 Å². The third-order valence-electron chi connectivity index (χ3n) is 2.72. The minimum atomic E-state index is -3.90. The molecule has 0 atom stereocenters. The third kappa shape index (κ3) is 3.80. The van der Waals surface area contributed by atoms with Crippen LogP contribution in [-0.2, 0) is 9.84 Å². The first-order chi connectivity index (χ1) is 10.4. The predicted molar refractivity (Wildman–Crippen MR) is 87.4 cm³/mol. The first-order valence-corrected chi connectivity index (χ1v) is 8.30. The molecule has 2 aromatic carbocycles. The number of nitriles is 1. The molecule has 0 heterocycles. The highest BCUT2D eigenvalue weighted by Gasteiger charge is 2.20. The van der Waals surface area contributed by atoms with E-state index in [0.29, 0.717) is 15.7 Å². The van der Waals surface area contributed by atoms with Gasteiger partial charge in [0.2, 0.25) is 9.84 Å². The molecule has 0 aliphatic rings. The lowest BCUT2D eigenvalue weighted by Gasteiger charge is -2.05. The minimum absolute atomic E-state index is 0.00223. The van der Waals surface area contributed by atoms with Gasteiger partial charge in [-0.25, -0.2) is 8.42 Å². The summed E-state index contributed by atoms with van der Waals surface area (Å²) in [6.07, 6.45) is 1.13. The van der Waals surface area contributed by atoms with Gasteiger partial charge in [-0.05, 0) is 42.5 Å². The Bertz CT molecular complexity index is 854. The van der Waals surface area contributed by atoms with Gasteiger partial charge in [0.1, 0.15) is 6.07 Å². The van der Waals surface area contributed by atoms with E-state index < -0.39 is 14.7 Å². The summed E-state index contributed by atoms with van der Waals surface area (Å²) < 4.78 is 24.7. The summed E-state index contributed by atoms with van der Waals surface area (Å²) >= 11 is 11.6.